The normalized spacial score (nSPS) is 9.57. The van der Waals surface area contributed by atoms with Crippen molar-refractivity contribution in [1.29, 1.82) is 0 Å². The van der Waals surface area contributed by atoms with Gasteiger partial charge in [-0.15, -0.1) is 0 Å². The van der Waals surface area contributed by atoms with Crippen molar-refractivity contribution < 1.29 is 14.7 Å². The summed E-state index contributed by atoms with van der Waals surface area (Å²) >= 11 is 2.99. The molecule has 0 saturated heterocycles. The van der Waals surface area contributed by atoms with Crippen LogP contribution in [0.5, 0.6) is 0 Å². The molecule has 74 valence electrons. The maximum atomic E-state index is 10.7. The van der Waals surface area contributed by atoms with Crippen LogP contribution in [0, 0.1) is 0 Å². The molecular weight excluding hydrogens is 254 g/mol. The molecule has 0 unspecified atom stereocenters. The topological polar surface area (TPSA) is 92.2 Å². The van der Waals surface area contributed by atoms with Gasteiger partial charge in [0.2, 0.25) is 5.91 Å². The third-order valence-electron chi connectivity index (χ3n) is 1.29. The number of halogens is 1. The Balaban J connectivity index is 3.13. The Hall–Kier alpha value is -1.50. The second-order valence-electron chi connectivity index (χ2n) is 2.37. The zero-order valence-corrected chi connectivity index (χ0v) is 8.70. The number of carboxylic acids is 1. The highest BCUT2D eigenvalue weighted by atomic mass is 79.9. The fourth-order valence-electron chi connectivity index (χ4n) is 0.773. The van der Waals surface area contributed by atoms with E-state index in [0.29, 0.717) is 0 Å². The molecule has 1 rings (SSSR count). The summed E-state index contributed by atoms with van der Waals surface area (Å²) in [6.45, 7) is 1.30. The van der Waals surface area contributed by atoms with E-state index in [-0.39, 0.29) is 21.9 Å². The van der Waals surface area contributed by atoms with Crippen molar-refractivity contribution in [3.63, 3.8) is 0 Å². The largest absolute Gasteiger partial charge is 0.476 e. The van der Waals surface area contributed by atoms with Crippen molar-refractivity contribution in [2.45, 2.75) is 6.92 Å². The monoisotopic (exact) mass is 259 g/mol. The van der Waals surface area contributed by atoms with E-state index in [9.17, 15) is 9.59 Å². The van der Waals surface area contributed by atoms with Crippen molar-refractivity contribution in [3.8, 4) is 0 Å². The van der Waals surface area contributed by atoms with Crippen LogP contribution < -0.4 is 5.32 Å². The van der Waals surface area contributed by atoms with Crippen LogP contribution >= 0.6 is 15.9 Å². The first-order chi connectivity index (χ1) is 6.52. The zero-order chi connectivity index (χ0) is 10.7. The zero-order valence-electron chi connectivity index (χ0n) is 7.11. The summed E-state index contributed by atoms with van der Waals surface area (Å²) in [5.74, 6) is -1.38. The van der Waals surface area contributed by atoms with Crippen molar-refractivity contribution >= 4 is 33.6 Å². The van der Waals surface area contributed by atoms with Crippen LogP contribution in [-0.4, -0.2) is 27.0 Å². The maximum Gasteiger partial charge on any atom is 0.355 e. The highest BCUT2D eigenvalue weighted by Crippen LogP contribution is 2.22. The first-order valence-electron chi connectivity index (χ1n) is 3.53. The number of carbonyl (C=O) groups excluding carboxylic acids is 1. The molecule has 0 aliphatic carbocycles. The number of aromatic carboxylic acids is 1. The van der Waals surface area contributed by atoms with Gasteiger partial charge in [-0.05, 0) is 15.9 Å². The molecule has 1 amide bonds. The first-order valence-corrected chi connectivity index (χ1v) is 4.33. The van der Waals surface area contributed by atoms with E-state index in [1.165, 1.54) is 6.92 Å². The number of hydrogen-bond donors (Lipinski definition) is 2. The molecule has 0 radical (unpaired) electrons. The minimum absolute atomic E-state index is 0.143. The SMILES string of the molecule is CC(=O)Nc1ncnc(C(=O)O)c1Br. The number of hydrogen-bond acceptors (Lipinski definition) is 4. The van der Waals surface area contributed by atoms with E-state index >= 15 is 0 Å². The lowest BCUT2D eigenvalue weighted by Gasteiger charge is -2.04. The minimum Gasteiger partial charge on any atom is -0.476 e. The summed E-state index contributed by atoms with van der Waals surface area (Å²) in [6.07, 6.45) is 1.07. The molecular formula is C7H6BrN3O3. The molecule has 0 fully saturated rings. The number of nitrogens with one attached hydrogen (secondary N) is 1. The maximum absolute atomic E-state index is 10.7. The Kier molecular flexibility index (Phi) is 3.13. The molecule has 1 heterocycles. The average Bonchev–Trinajstić information content (AvgIpc) is 2.07. The van der Waals surface area contributed by atoms with E-state index in [1.54, 1.807) is 0 Å². The summed E-state index contributed by atoms with van der Waals surface area (Å²) in [4.78, 5) is 28.6. The van der Waals surface area contributed by atoms with Gasteiger partial charge in [0.05, 0.1) is 4.47 Å². The molecule has 0 aliphatic heterocycles. The van der Waals surface area contributed by atoms with Crippen molar-refractivity contribution in [2.75, 3.05) is 5.32 Å². The number of rotatable bonds is 2. The van der Waals surface area contributed by atoms with E-state index in [4.69, 9.17) is 5.11 Å². The molecule has 0 spiro atoms. The Morgan fingerprint density at radius 2 is 2.14 bits per heavy atom. The third kappa shape index (κ3) is 2.25. The summed E-state index contributed by atoms with van der Waals surface area (Å²) < 4.78 is 0.155. The second kappa shape index (κ2) is 4.14. The summed E-state index contributed by atoms with van der Waals surface area (Å²) in [5, 5.41) is 11.1. The smallest absolute Gasteiger partial charge is 0.355 e. The van der Waals surface area contributed by atoms with E-state index in [2.05, 4.69) is 31.2 Å². The molecule has 6 nitrogen and oxygen atoms in total. The van der Waals surface area contributed by atoms with E-state index in [1.807, 2.05) is 0 Å². The quantitative estimate of drug-likeness (QED) is 0.823. The van der Waals surface area contributed by atoms with Gasteiger partial charge in [0.15, 0.2) is 11.5 Å². The predicted molar refractivity (Wildman–Crippen MR) is 51.0 cm³/mol. The van der Waals surface area contributed by atoms with Gasteiger partial charge < -0.3 is 10.4 Å². The van der Waals surface area contributed by atoms with Crippen LogP contribution in [0.4, 0.5) is 5.82 Å². The van der Waals surface area contributed by atoms with Gasteiger partial charge in [0.25, 0.3) is 0 Å². The third-order valence-corrected chi connectivity index (χ3v) is 2.04. The highest BCUT2D eigenvalue weighted by Gasteiger charge is 2.14. The van der Waals surface area contributed by atoms with Crippen LogP contribution in [0.15, 0.2) is 10.8 Å². The Morgan fingerprint density at radius 3 is 2.64 bits per heavy atom. The number of nitrogens with zero attached hydrogens (tertiary/aromatic N) is 2. The number of amides is 1. The second-order valence-corrected chi connectivity index (χ2v) is 3.16. The van der Waals surface area contributed by atoms with Gasteiger partial charge >= 0.3 is 5.97 Å². The Labute approximate surface area is 87.5 Å². The molecule has 2 N–H and O–H groups in total. The van der Waals surface area contributed by atoms with Gasteiger partial charge in [0.1, 0.15) is 6.33 Å². The van der Waals surface area contributed by atoms with E-state index < -0.39 is 5.97 Å². The molecule has 0 aliphatic rings. The molecule has 0 bridgehead atoms. The molecule has 1 aromatic heterocycles. The van der Waals surface area contributed by atoms with Gasteiger partial charge in [-0.25, -0.2) is 14.8 Å². The molecule has 0 atom stereocenters. The molecule has 1 aromatic rings. The number of carbonyl (C=O) groups is 2. The molecule has 14 heavy (non-hydrogen) atoms. The number of anilines is 1. The van der Waals surface area contributed by atoms with Crippen molar-refractivity contribution in [3.05, 3.63) is 16.5 Å². The van der Waals surface area contributed by atoms with Gasteiger partial charge in [-0.2, -0.15) is 0 Å². The lowest BCUT2D eigenvalue weighted by atomic mass is 10.4. The number of aromatic nitrogens is 2. The Morgan fingerprint density at radius 1 is 1.50 bits per heavy atom. The summed E-state index contributed by atoms with van der Waals surface area (Å²) in [5.41, 5.74) is -0.191. The van der Waals surface area contributed by atoms with Crippen LogP contribution in [0.1, 0.15) is 17.4 Å². The fourth-order valence-corrected chi connectivity index (χ4v) is 1.25. The van der Waals surface area contributed by atoms with Gasteiger partial charge in [-0.1, -0.05) is 0 Å². The lowest BCUT2D eigenvalue weighted by molar-refractivity contribution is -0.114. The lowest BCUT2D eigenvalue weighted by Crippen LogP contribution is -2.11. The summed E-state index contributed by atoms with van der Waals surface area (Å²) in [6, 6.07) is 0. The highest BCUT2D eigenvalue weighted by molar-refractivity contribution is 9.10. The minimum atomic E-state index is -1.19. The van der Waals surface area contributed by atoms with Crippen molar-refractivity contribution in [1.82, 2.24) is 9.97 Å². The van der Waals surface area contributed by atoms with Crippen LogP contribution in [0.25, 0.3) is 0 Å². The number of carboxylic acid groups (broad SMARTS) is 1. The predicted octanol–water partition coefficient (Wildman–Crippen LogP) is 0.896. The molecule has 0 aromatic carbocycles. The van der Waals surface area contributed by atoms with E-state index in [0.717, 1.165) is 6.33 Å². The van der Waals surface area contributed by atoms with Crippen LogP contribution in [-0.2, 0) is 4.79 Å². The summed E-state index contributed by atoms with van der Waals surface area (Å²) in [7, 11) is 0. The molecule has 0 saturated carbocycles. The standard InChI is InChI=1S/C7H6BrN3O3/c1-3(12)11-6-4(8)5(7(13)14)9-2-10-6/h2H,1H3,(H,13,14)(H,9,10,11,12). The van der Waals surface area contributed by atoms with Crippen LogP contribution in [0.2, 0.25) is 0 Å². The van der Waals surface area contributed by atoms with Crippen LogP contribution in [0.3, 0.4) is 0 Å². The van der Waals surface area contributed by atoms with Gasteiger partial charge in [-0.3, -0.25) is 4.79 Å². The fraction of sp³-hybridized carbons (Fsp3) is 0.143. The van der Waals surface area contributed by atoms with Crippen molar-refractivity contribution in [2.24, 2.45) is 0 Å². The Bertz CT molecular complexity index is 394. The first kappa shape index (κ1) is 10.6. The van der Waals surface area contributed by atoms with Gasteiger partial charge in [0, 0.05) is 6.92 Å². The average molecular weight is 260 g/mol. The molecule has 7 heteroatoms.